The second kappa shape index (κ2) is 8.71. The molecule has 4 heterocycles. The van der Waals surface area contributed by atoms with Crippen LogP contribution in [-0.4, -0.2) is 46.4 Å². The van der Waals surface area contributed by atoms with E-state index in [0.717, 1.165) is 24.5 Å². The van der Waals surface area contributed by atoms with E-state index in [1.54, 1.807) is 17.5 Å². The summed E-state index contributed by atoms with van der Waals surface area (Å²) in [5, 5.41) is 14.8. The molecule has 1 amide bonds. The van der Waals surface area contributed by atoms with Crippen molar-refractivity contribution in [2.75, 3.05) is 23.3 Å². The van der Waals surface area contributed by atoms with Crippen molar-refractivity contribution in [3.63, 3.8) is 0 Å². The molecule has 29 heavy (non-hydrogen) atoms. The van der Waals surface area contributed by atoms with Gasteiger partial charge in [0.2, 0.25) is 17.7 Å². The van der Waals surface area contributed by atoms with Crippen molar-refractivity contribution in [1.82, 2.24) is 15.2 Å². The molecule has 9 heteroatoms. The number of hydrogen-bond donors (Lipinski definition) is 1. The number of anilines is 2. The predicted octanol–water partition coefficient (Wildman–Crippen LogP) is 3.38. The Balaban J connectivity index is 1.28. The molecule has 0 spiro atoms. The molecule has 2 unspecified atom stereocenters. The van der Waals surface area contributed by atoms with Crippen molar-refractivity contribution in [2.24, 2.45) is 0 Å². The van der Waals surface area contributed by atoms with Crippen LogP contribution >= 0.6 is 11.3 Å². The van der Waals surface area contributed by atoms with Crippen molar-refractivity contribution < 1.29 is 13.9 Å². The van der Waals surface area contributed by atoms with Gasteiger partial charge in [-0.25, -0.2) is 4.98 Å². The van der Waals surface area contributed by atoms with Gasteiger partial charge in [-0.3, -0.25) is 4.79 Å². The average molecular weight is 414 g/mol. The number of carbonyl (C=O) groups excluding carboxylic acids is 1. The van der Waals surface area contributed by atoms with Crippen LogP contribution in [0, 0.1) is 0 Å². The van der Waals surface area contributed by atoms with E-state index < -0.39 is 0 Å². The molecule has 0 aliphatic carbocycles. The number of aryl methyl sites for hydroxylation is 1. The van der Waals surface area contributed by atoms with E-state index in [1.165, 1.54) is 0 Å². The highest BCUT2D eigenvalue weighted by molar-refractivity contribution is 7.08. The maximum absolute atomic E-state index is 12.2. The van der Waals surface area contributed by atoms with Crippen LogP contribution in [0.5, 0.6) is 0 Å². The van der Waals surface area contributed by atoms with E-state index in [0.29, 0.717) is 23.9 Å². The van der Waals surface area contributed by atoms with Crippen LogP contribution in [0.1, 0.15) is 26.2 Å². The fraction of sp³-hybridized carbons (Fsp3) is 0.400. The number of rotatable bonds is 6. The van der Waals surface area contributed by atoms with Gasteiger partial charge in [0, 0.05) is 36.9 Å². The molecule has 8 nitrogen and oxygen atoms in total. The molecule has 0 bridgehead atoms. The fourth-order valence-corrected chi connectivity index (χ4v) is 3.94. The van der Waals surface area contributed by atoms with Crippen molar-refractivity contribution in [3.8, 4) is 11.5 Å². The molecule has 0 radical (unpaired) electrons. The van der Waals surface area contributed by atoms with Gasteiger partial charge < -0.3 is 19.4 Å². The van der Waals surface area contributed by atoms with Crippen molar-refractivity contribution >= 4 is 28.7 Å². The van der Waals surface area contributed by atoms with Gasteiger partial charge in [-0.05, 0) is 37.4 Å². The summed E-state index contributed by atoms with van der Waals surface area (Å²) in [5.41, 5.74) is 1.56. The molecule has 1 N–H and O–H groups in total. The zero-order chi connectivity index (χ0) is 20.2. The molecular formula is C20H23N5O3S. The normalized spacial score (nSPS) is 19.3. The maximum Gasteiger partial charge on any atom is 0.248 e. The predicted molar refractivity (Wildman–Crippen MR) is 111 cm³/mol. The lowest BCUT2D eigenvalue weighted by Gasteiger charge is -2.36. The van der Waals surface area contributed by atoms with Crippen LogP contribution in [0.15, 0.2) is 39.6 Å². The molecule has 4 rings (SSSR count). The lowest BCUT2D eigenvalue weighted by molar-refractivity contribution is -0.116. The van der Waals surface area contributed by atoms with E-state index in [4.69, 9.17) is 9.15 Å². The topological polar surface area (TPSA) is 93.4 Å². The second-order valence-electron chi connectivity index (χ2n) is 7.13. The number of carbonyl (C=O) groups is 1. The van der Waals surface area contributed by atoms with Crippen molar-refractivity contribution in [3.05, 3.63) is 41.0 Å². The third kappa shape index (κ3) is 4.99. The first-order valence-corrected chi connectivity index (χ1v) is 10.5. The molecule has 1 aliphatic rings. The number of pyridine rings is 1. The largest absolute Gasteiger partial charge is 0.421 e. The van der Waals surface area contributed by atoms with E-state index in [9.17, 15) is 4.79 Å². The standard InChI is InChI=1S/C20H23N5O3S/c1-13-10-25(11-14(2)27-13)17-4-3-16(9-21-17)22-18(26)5-6-19-23-24-20(28-19)15-7-8-29-12-15/h3-4,7-9,12-14H,5-6,10-11H2,1-2H3,(H,22,26). The molecule has 152 valence electrons. The summed E-state index contributed by atoms with van der Waals surface area (Å²) >= 11 is 1.57. The Morgan fingerprint density at radius 3 is 2.76 bits per heavy atom. The Morgan fingerprint density at radius 2 is 2.07 bits per heavy atom. The Bertz CT molecular complexity index is 931. The van der Waals surface area contributed by atoms with Gasteiger partial charge in [0.1, 0.15) is 5.82 Å². The highest BCUT2D eigenvalue weighted by Crippen LogP contribution is 2.22. The lowest BCUT2D eigenvalue weighted by Crippen LogP contribution is -2.45. The first-order chi connectivity index (χ1) is 14.1. The summed E-state index contributed by atoms with van der Waals surface area (Å²) in [5.74, 6) is 1.69. The molecule has 0 aromatic carbocycles. The van der Waals surface area contributed by atoms with Gasteiger partial charge in [0.15, 0.2) is 0 Å². The van der Waals surface area contributed by atoms with E-state index in [2.05, 4.69) is 39.2 Å². The van der Waals surface area contributed by atoms with Crippen LogP contribution in [0.3, 0.4) is 0 Å². The highest BCUT2D eigenvalue weighted by atomic mass is 32.1. The third-order valence-electron chi connectivity index (χ3n) is 4.58. The van der Waals surface area contributed by atoms with Gasteiger partial charge in [-0.1, -0.05) is 0 Å². The van der Waals surface area contributed by atoms with E-state index in [-0.39, 0.29) is 24.5 Å². The van der Waals surface area contributed by atoms with Crippen LogP contribution in [0.25, 0.3) is 11.5 Å². The summed E-state index contributed by atoms with van der Waals surface area (Å²) < 4.78 is 11.4. The average Bonchev–Trinajstić information content (AvgIpc) is 3.38. The minimum absolute atomic E-state index is 0.122. The fourth-order valence-electron chi connectivity index (χ4n) is 3.31. The van der Waals surface area contributed by atoms with Crippen LogP contribution in [-0.2, 0) is 16.0 Å². The maximum atomic E-state index is 12.2. The number of thiophene rings is 1. The molecule has 1 saturated heterocycles. The summed E-state index contributed by atoms with van der Waals surface area (Å²) in [6.45, 7) is 5.73. The van der Waals surface area contributed by atoms with Gasteiger partial charge in [0.05, 0.1) is 24.1 Å². The summed E-state index contributed by atoms with van der Waals surface area (Å²) in [4.78, 5) is 18.9. The number of aromatic nitrogens is 3. The number of morpholine rings is 1. The number of hydrogen-bond acceptors (Lipinski definition) is 8. The highest BCUT2D eigenvalue weighted by Gasteiger charge is 2.23. The first-order valence-electron chi connectivity index (χ1n) is 9.58. The smallest absolute Gasteiger partial charge is 0.248 e. The number of nitrogens with one attached hydrogen (secondary N) is 1. The molecule has 1 fully saturated rings. The third-order valence-corrected chi connectivity index (χ3v) is 5.26. The Hall–Kier alpha value is -2.78. The number of amides is 1. The van der Waals surface area contributed by atoms with Crippen LogP contribution in [0.4, 0.5) is 11.5 Å². The summed E-state index contributed by atoms with van der Waals surface area (Å²) in [7, 11) is 0. The van der Waals surface area contributed by atoms with Crippen molar-refractivity contribution in [2.45, 2.75) is 38.9 Å². The minimum Gasteiger partial charge on any atom is -0.421 e. The number of ether oxygens (including phenoxy) is 1. The second-order valence-corrected chi connectivity index (χ2v) is 7.91. The van der Waals surface area contributed by atoms with Gasteiger partial charge in [-0.15, -0.1) is 10.2 Å². The van der Waals surface area contributed by atoms with Crippen LogP contribution < -0.4 is 10.2 Å². The Morgan fingerprint density at radius 1 is 1.24 bits per heavy atom. The van der Waals surface area contributed by atoms with E-state index >= 15 is 0 Å². The zero-order valence-corrected chi connectivity index (χ0v) is 17.2. The molecule has 3 aromatic heterocycles. The Kier molecular flexibility index (Phi) is 5.86. The van der Waals surface area contributed by atoms with Crippen molar-refractivity contribution in [1.29, 1.82) is 0 Å². The van der Waals surface area contributed by atoms with E-state index in [1.807, 2.05) is 29.0 Å². The molecular weight excluding hydrogens is 390 g/mol. The van der Waals surface area contributed by atoms with Gasteiger partial charge in [0.25, 0.3) is 0 Å². The minimum atomic E-state index is -0.122. The summed E-state index contributed by atoms with van der Waals surface area (Å²) in [6, 6.07) is 5.71. The Labute approximate surface area is 172 Å². The monoisotopic (exact) mass is 413 g/mol. The summed E-state index contributed by atoms with van der Waals surface area (Å²) in [6.07, 6.45) is 2.66. The molecule has 3 aromatic rings. The lowest BCUT2D eigenvalue weighted by atomic mass is 10.2. The zero-order valence-electron chi connectivity index (χ0n) is 16.4. The molecule has 2 atom stereocenters. The number of nitrogens with zero attached hydrogens (tertiary/aromatic N) is 4. The molecule has 1 aliphatic heterocycles. The first kappa shape index (κ1) is 19.5. The van der Waals surface area contributed by atoms with Gasteiger partial charge in [-0.2, -0.15) is 11.3 Å². The molecule has 0 saturated carbocycles. The van der Waals surface area contributed by atoms with Gasteiger partial charge >= 0.3 is 0 Å². The quantitative estimate of drug-likeness (QED) is 0.662. The van der Waals surface area contributed by atoms with Crippen LogP contribution in [0.2, 0.25) is 0 Å². The SMILES string of the molecule is CC1CN(c2ccc(NC(=O)CCc3nnc(-c4ccsc4)o3)cn2)CC(C)O1.